The fourth-order valence-electron chi connectivity index (χ4n) is 2.09. The highest BCUT2D eigenvalue weighted by atomic mass is 16.3. The Kier molecular flexibility index (Phi) is 3.55. The van der Waals surface area contributed by atoms with E-state index in [2.05, 4.69) is 4.98 Å². The van der Waals surface area contributed by atoms with E-state index in [0.29, 0.717) is 23.9 Å². The highest BCUT2D eigenvalue weighted by Crippen LogP contribution is 2.25. The first-order valence-electron chi connectivity index (χ1n) is 6.23. The van der Waals surface area contributed by atoms with Crippen LogP contribution in [0.3, 0.4) is 0 Å². The number of hydrogen-bond donors (Lipinski definition) is 2. The van der Waals surface area contributed by atoms with E-state index < -0.39 is 0 Å². The number of nitrogens with zero attached hydrogens (tertiary/aromatic N) is 1. The SMILES string of the molecule is CCN(CC)C(=O)c1[nH]c(=O)c2ccccc2c1O. The van der Waals surface area contributed by atoms with Crippen LogP contribution in [0.25, 0.3) is 10.8 Å². The summed E-state index contributed by atoms with van der Waals surface area (Å²) in [5.41, 5.74) is -0.420. The molecule has 100 valence electrons. The van der Waals surface area contributed by atoms with Crippen molar-refractivity contribution in [3.63, 3.8) is 0 Å². The van der Waals surface area contributed by atoms with Gasteiger partial charge in [0.05, 0.1) is 5.39 Å². The molecule has 0 aliphatic carbocycles. The Labute approximate surface area is 110 Å². The van der Waals surface area contributed by atoms with E-state index >= 15 is 0 Å². The van der Waals surface area contributed by atoms with Crippen LogP contribution in [0, 0.1) is 0 Å². The van der Waals surface area contributed by atoms with Gasteiger partial charge >= 0.3 is 0 Å². The van der Waals surface area contributed by atoms with Crippen molar-refractivity contribution in [1.82, 2.24) is 9.88 Å². The van der Waals surface area contributed by atoms with Gasteiger partial charge in [-0.15, -0.1) is 0 Å². The maximum Gasteiger partial charge on any atom is 0.274 e. The summed E-state index contributed by atoms with van der Waals surface area (Å²) < 4.78 is 0. The van der Waals surface area contributed by atoms with E-state index in [1.165, 1.54) is 0 Å². The quantitative estimate of drug-likeness (QED) is 0.882. The van der Waals surface area contributed by atoms with Crippen LogP contribution < -0.4 is 5.56 Å². The lowest BCUT2D eigenvalue weighted by Gasteiger charge is -2.19. The molecule has 1 heterocycles. The van der Waals surface area contributed by atoms with Gasteiger partial charge in [0.1, 0.15) is 5.69 Å². The number of fused-ring (bicyclic) bond motifs is 1. The van der Waals surface area contributed by atoms with Gasteiger partial charge in [0, 0.05) is 18.5 Å². The number of carbonyl (C=O) groups excluding carboxylic acids is 1. The van der Waals surface area contributed by atoms with Gasteiger partial charge < -0.3 is 15.0 Å². The molecule has 0 radical (unpaired) electrons. The van der Waals surface area contributed by atoms with E-state index in [1.807, 2.05) is 13.8 Å². The van der Waals surface area contributed by atoms with Gasteiger partial charge in [-0.1, -0.05) is 18.2 Å². The van der Waals surface area contributed by atoms with Crippen molar-refractivity contribution in [2.45, 2.75) is 13.8 Å². The van der Waals surface area contributed by atoms with Gasteiger partial charge in [0.2, 0.25) is 0 Å². The second-order valence-corrected chi connectivity index (χ2v) is 4.20. The maximum absolute atomic E-state index is 12.2. The van der Waals surface area contributed by atoms with Crippen LogP contribution in [0.15, 0.2) is 29.1 Å². The number of pyridine rings is 1. The Morgan fingerprint density at radius 3 is 2.37 bits per heavy atom. The van der Waals surface area contributed by atoms with Gasteiger partial charge in [-0.05, 0) is 19.9 Å². The summed E-state index contributed by atoms with van der Waals surface area (Å²) in [5.74, 6) is -0.544. The van der Waals surface area contributed by atoms with Gasteiger partial charge in [0.15, 0.2) is 5.75 Å². The Morgan fingerprint density at radius 1 is 1.21 bits per heavy atom. The zero-order valence-corrected chi connectivity index (χ0v) is 10.9. The fraction of sp³-hybridized carbons (Fsp3) is 0.286. The van der Waals surface area contributed by atoms with Crippen molar-refractivity contribution in [1.29, 1.82) is 0 Å². The second kappa shape index (κ2) is 5.14. The highest BCUT2D eigenvalue weighted by Gasteiger charge is 2.20. The summed E-state index contributed by atoms with van der Waals surface area (Å²) in [6.07, 6.45) is 0. The number of aromatic hydroxyl groups is 1. The van der Waals surface area contributed by atoms with Crippen LogP contribution in [0.1, 0.15) is 24.3 Å². The number of carbonyl (C=O) groups is 1. The summed E-state index contributed by atoms with van der Waals surface area (Å²) in [6, 6.07) is 6.66. The number of nitrogens with one attached hydrogen (secondary N) is 1. The molecule has 19 heavy (non-hydrogen) atoms. The Morgan fingerprint density at radius 2 is 1.79 bits per heavy atom. The topological polar surface area (TPSA) is 73.4 Å². The van der Waals surface area contributed by atoms with Gasteiger partial charge in [-0.3, -0.25) is 9.59 Å². The molecule has 2 rings (SSSR count). The minimum Gasteiger partial charge on any atom is -0.505 e. The van der Waals surface area contributed by atoms with Crippen molar-refractivity contribution in [2.24, 2.45) is 0 Å². The smallest absolute Gasteiger partial charge is 0.274 e. The third-order valence-electron chi connectivity index (χ3n) is 3.17. The number of rotatable bonds is 3. The lowest BCUT2D eigenvalue weighted by molar-refractivity contribution is 0.0764. The van der Waals surface area contributed by atoms with Crippen LogP contribution in [0.4, 0.5) is 0 Å². The molecule has 0 unspecified atom stereocenters. The van der Waals surface area contributed by atoms with Crippen LogP contribution >= 0.6 is 0 Å². The predicted octanol–water partition coefficient (Wildman–Crippen LogP) is 1.72. The van der Waals surface area contributed by atoms with Gasteiger partial charge in [-0.25, -0.2) is 0 Å². The number of amides is 1. The molecule has 0 bridgehead atoms. The summed E-state index contributed by atoms with van der Waals surface area (Å²) in [7, 11) is 0. The molecule has 5 nitrogen and oxygen atoms in total. The molecule has 1 aromatic heterocycles. The van der Waals surface area contributed by atoms with E-state index in [9.17, 15) is 14.7 Å². The minimum atomic E-state index is -0.371. The first-order chi connectivity index (χ1) is 9.10. The third-order valence-corrected chi connectivity index (χ3v) is 3.17. The molecule has 5 heteroatoms. The molecule has 0 saturated heterocycles. The van der Waals surface area contributed by atoms with Crippen molar-refractivity contribution in [3.8, 4) is 5.75 Å². The van der Waals surface area contributed by atoms with Crippen LogP contribution in [-0.4, -0.2) is 34.0 Å². The molecule has 1 amide bonds. The van der Waals surface area contributed by atoms with Crippen LogP contribution in [0.5, 0.6) is 5.75 Å². The monoisotopic (exact) mass is 260 g/mol. The van der Waals surface area contributed by atoms with E-state index in [-0.39, 0.29) is 22.9 Å². The molecule has 0 fully saturated rings. The van der Waals surface area contributed by atoms with Crippen molar-refractivity contribution in [3.05, 3.63) is 40.3 Å². The normalized spacial score (nSPS) is 10.6. The molecule has 2 N–H and O–H groups in total. The fourth-order valence-corrected chi connectivity index (χ4v) is 2.09. The first-order valence-corrected chi connectivity index (χ1v) is 6.23. The summed E-state index contributed by atoms with van der Waals surface area (Å²) in [5, 5.41) is 10.9. The van der Waals surface area contributed by atoms with Gasteiger partial charge in [-0.2, -0.15) is 0 Å². The van der Waals surface area contributed by atoms with Crippen molar-refractivity contribution >= 4 is 16.7 Å². The zero-order valence-electron chi connectivity index (χ0n) is 10.9. The lowest BCUT2D eigenvalue weighted by Crippen LogP contribution is -2.32. The van der Waals surface area contributed by atoms with Crippen molar-refractivity contribution < 1.29 is 9.90 Å². The largest absolute Gasteiger partial charge is 0.505 e. The molecular formula is C14H16N2O3. The second-order valence-electron chi connectivity index (χ2n) is 4.20. The van der Waals surface area contributed by atoms with E-state index in [0.717, 1.165) is 0 Å². The lowest BCUT2D eigenvalue weighted by atomic mass is 10.1. The average Bonchev–Trinajstić information content (AvgIpc) is 2.44. The van der Waals surface area contributed by atoms with E-state index in [1.54, 1.807) is 29.2 Å². The first kappa shape index (κ1) is 13.1. The Bertz CT molecular complexity index is 672. The predicted molar refractivity (Wildman–Crippen MR) is 73.5 cm³/mol. The molecular weight excluding hydrogens is 244 g/mol. The van der Waals surface area contributed by atoms with Gasteiger partial charge in [0.25, 0.3) is 11.5 Å². The molecule has 1 aromatic carbocycles. The van der Waals surface area contributed by atoms with Crippen molar-refractivity contribution in [2.75, 3.05) is 13.1 Å². The highest BCUT2D eigenvalue weighted by molar-refractivity contribution is 6.01. The molecule has 0 atom stereocenters. The average molecular weight is 260 g/mol. The Hall–Kier alpha value is -2.30. The van der Waals surface area contributed by atoms with Crippen LogP contribution in [0.2, 0.25) is 0 Å². The third kappa shape index (κ3) is 2.19. The molecule has 2 aromatic rings. The van der Waals surface area contributed by atoms with Crippen LogP contribution in [-0.2, 0) is 0 Å². The standard InChI is InChI=1S/C14H16N2O3/c1-3-16(4-2)14(19)11-12(17)9-7-5-6-8-10(9)13(18)15-11/h5-8,17H,3-4H2,1-2H3,(H,15,18). The number of H-pyrrole nitrogens is 1. The molecule has 0 saturated carbocycles. The number of benzene rings is 1. The summed E-state index contributed by atoms with van der Waals surface area (Å²) in [6.45, 7) is 4.72. The summed E-state index contributed by atoms with van der Waals surface area (Å²) >= 11 is 0. The molecule has 0 aliphatic rings. The molecule has 0 spiro atoms. The maximum atomic E-state index is 12.2. The van der Waals surface area contributed by atoms with E-state index in [4.69, 9.17) is 0 Å². The minimum absolute atomic E-state index is 0.0487. The molecule has 0 aliphatic heterocycles. The Balaban J connectivity index is 2.66. The summed E-state index contributed by atoms with van der Waals surface area (Å²) in [4.78, 5) is 28.1. The zero-order chi connectivity index (χ0) is 14.0. The number of hydrogen-bond acceptors (Lipinski definition) is 3. The number of aromatic amines is 1. The number of aromatic nitrogens is 1.